The van der Waals surface area contributed by atoms with Gasteiger partial charge in [-0.3, -0.25) is 4.68 Å². The fourth-order valence-corrected chi connectivity index (χ4v) is 6.62. The second-order valence-corrected chi connectivity index (χ2v) is 14.8. The molecule has 42 heavy (non-hydrogen) atoms. The van der Waals surface area contributed by atoms with Crippen LogP contribution in [0.3, 0.4) is 0 Å². The number of benzene rings is 1. The third-order valence-electron chi connectivity index (χ3n) is 7.40. The van der Waals surface area contributed by atoms with Crippen LogP contribution in [0.1, 0.15) is 84.3 Å². The number of aryl methyl sites for hydroxylation is 2. The molecule has 1 aromatic carbocycles. The molecule has 4 rings (SSSR count). The van der Waals surface area contributed by atoms with Crippen molar-refractivity contribution in [2.75, 3.05) is 10.6 Å². The summed E-state index contributed by atoms with van der Waals surface area (Å²) in [5.41, 5.74) is 3.53. The van der Waals surface area contributed by atoms with Crippen LogP contribution in [0.5, 0.6) is 5.75 Å². The highest BCUT2D eigenvalue weighted by molar-refractivity contribution is 7.92. The number of aromatic nitrogens is 4. The third-order valence-corrected chi connectivity index (χ3v) is 9.75. The molecular weight excluding hydrogens is 574 g/mol. The van der Waals surface area contributed by atoms with Gasteiger partial charge < -0.3 is 20.7 Å². The molecule has 230 valence electrons. The predicted molar refractivity (Wildman–Crippen MR) is 169 cm³/mol. The maximum atomic E-state index is 12.9. The van der Waals surface area contributed by atoms with Crippen LogP contribution in [0.4, 0.5) is 23.1 Å². The van der Waals surface area contributed by atoms with Crippen molar-refractivity contribution in [2.45, 2.75) is 109 Å². The van der Waals surface area contributed by atoms with Gasteiger partial charge in [0.1, 0.15) is 10.8 Å². The number of nitrogens with zero attached hydrogens (tertiary/aromatic N) is 4. The predicted octanol–water partition coefficient (Wildman–Crippen LogP) is 6.65. The van der Waals surface area contributed by atoms with E-state index in [0.29, 0.717) is 29.6 Å². The van der Waals surface area contributed by atoms with Crippen LogP contribution in [0, 0.1) is 6.92 Å². The first kappa shape index (κ1) is 32.0. The van der Waals surface area contributed by atoms with Crippen molar-refractivity contribution in [3.63, 3.8) is 0 Å². The molecule has 0 unspecified atom stereocenters. The summed E-state index contributed by atoms with van der Waals surface area (Å²) in [6.07, 6.45) is 7.63. The Morgan fingerprint density at radius 1 is 1.02 bits per heavy atom. The highest BCUT2D eigenvalue weighted by Crippen LogP contribution is 2.40. The summed E-state index contributed by atoms with van der Waals surface area (Å²) in [5, 5.41) is 13.8. The van der Waals surface area contributed by atoms with Crippen molar-refractivity contribution in [2.24, 2.45) is 7.05 Å². The zero-order valence-electron chi connectivity index (χ0n) is 25.8. The Balaban J connectivity index is 1.60. The van der Waals surface area contributed by atoms with Crippen LogP contribution in [0.25, 0.3) is 0 Å². The number of hydrogen-bond acceptors (Lipinski definition) is 9. The van der Waals surface area contributed by atoms with E-state index in [4.69, 9.17) is 16.3 Å². The van der Waals surface area contributed by atoms with E-state index < -0.39 is 15.1 Å². The summed E-state index contributed by atoms with van der Waals surface area (Å²) >= 11 is 6.43. The topological polar surface area (TPSA) is 123 Å². The Morgan fingerprint density at radius 2 is 1.71 bits per heavy atom. The monoisotopic (exact) mass is 617 g/mol. The molecule has 1 aliphatic carbocycles. The molecule has 0 spiro atoms. The molecule has 0 atom stereocenters. The quantitative estimate of drug-likeness (QED) is 0.217. The molecule has 0 saturated heterocycles. The van der Waals surface area contributed by atoms with E-state index >= 15 is 0 Å². The van der Waals surface area contributed by atoms with E-state index in [1.807, 2.05) is 13.8 Å². The van der Waals surface area contributed by atoms with Crippen LogP contribution < -0.4 is 20.7 Å². The van der Waals surface area contributed by atoms with Crippen molar-refractivity contribution >= 4 is 44.6 Å². The molecular formula is C30H44ClN7O3S. The van der Waals surface area contributed by atoms with Crippen molar-refractivity contribution < 1.29 is 13.2 Å². The largest absolute Gasteiger partial charge is 0.489 e. The molecule has 10 nitrogen and oxygen atoms in total. The van der Waals surface area contributed by atoms with Gasteiger partial charge in [-0.25, -0.2) is 13.4 Å². The molecule has 0 radical (unpaired) electrons. The number of halogens is 1. The van der Waals surface area contributed by atoms with Gasteiger partial charge in [-0.1, -0.05) is 25.4 Å². The number of anilines is 4. The van der Waals surface area contributed by atoms with Gasteiger partial charge in [0.15, 0.2) is 5.82 Å². The zero-order chi connectivity index (χ0) is 30.8. The van der Waals surface area contributed by atoms with E-state index in [1.165, 1.54) is 22.0 Å². The van der Waals surface area contributed by atoms with Gasteiger partial charge in [-0.15, -0.1) is 0 Å². The average Bonchev–Trinajstić information content (AvgIpc) is 3.28. The van der Waals surface area contributed by atoms with Gasteiger partial charge in [-0.05, 0) is 89.5 Å². The minimum absolute atomic E-state index is 0.0256. The fourth-order valence-electron chi connectivity index (χ4n) is 5.39. The molecule has 3 aromatic rings. The van der Waals surface area contributed by atoms with Crippen molar-refractivity contribution in [3.8, 4) is 5.75 Å². The lowest BCUT2D eigenvalue weighted by Crippen LogP contribution is -2.37. The molecule has 0 amide bonds. The smallest absolute Gasteiger partial charge is 0.229 e. The van der Waals surface area contributed by atoms with Crippen LogP contribution in [-0.4, -0.2) is 51.6 Å². The third kappa shape index (κ3) is 7.54. The first-order chi connectivity index (χ1) is 19.7. The van der Waals surface area contributed by atoms with Crippen LogP contribution in [-0.2, 0) is 16.9 Å². The van der Waals surface area contributed by atoms with Gasteiger partial charge in [0.05, 0.1) is 28.9 Å². The summed E-state index contributed by atoms with van der Waals surface area (Å²) in [6, 6.07) is 5.32. The highest BCUT2D eigenvalue weighted by Gasteiger charge is 2.28. The summed E-state index contributed by atoms with van der Waals surface area (Å²) in [4.78, 5) is 8.95. The molecule has 1 saturated carbocycles. The highest BCUT2D eigenvalue weighted by atomic mass is 35.5. The van der Waals surface area contributed by atoms with E-state index in [0.717, 1.165) is 37.1 Å². The zero-order valence-corrected chi connectivity index (χ0v) is 27.4. The Labute approximate surface area is 254 Å². The van der Waals surface area contributed by atoms with Gasteiger partial charge in [0, 0.05) is 25.3 Å². The molecule has 0 bridgehead atoms. The Hall–Kier alpha value is -2.89. The Kier molecular flexibility index (Phi) is 10.1. The second-order valence-electron chi connectivity index (χ2n) is 12.0. The van der Waals surface area contributed by atoms with Gasteiger partial charge in [0.2, 0.25) is 20.8 Å². The molecule has 3 N–H and O–H groups in total. The Bertz CT molecular complexity index is 1500. The molecule has 2 aromatic heterocycles. The fraction of sp³-hybridized carbons (Fsp3) is 0.567. The maximum Gasteiger partial charge on any atom is 0.229 e. The van der Waals surface area contributed by atoms with E-state index in [9.17, 15) is 8.42 Å². The molecule has 0 aliphatic heterocycles. The van der Waals surface area contributed by atoms with Crippen molar-refractivity contribution in [3.05, 3.63) is 40.7 Å². The van der Waals surface area contributed by atoms with Gasteiger partial charge in [-0.2, -0.15) is 10.1 Å². The number of hydrogen-bond donors (Lipinski definition) is 3. The lowest BCUT2D eigenvalue weighted by Gasteiger charge is -2.32. The average molecular weight is 618 g/mol. The second kappa shape index (κ2) is 13.2. The van der Waals surface area contributed by atoms with Crippen LogP contribution >= 0.6 is 11.6 Å². The van der Waals surface area contributed by atoms with E-state index in [-0.39, 0.29) is 22.0 Å². The molecule has 2 heterocycles. The maximum absolute atomic E-state index is 12.9. The van der Waals surface area contributed by atoms with Crippen molar-refractivity contribution in [1.82, 2.24) is 25.1 Å². The summed E-state index contributed by atoms with van der Waals surface area (Å²) in [5.74, 6) is 1.77. The van der Waals surface area contributed by atoms with E-state index in [1.54, 1.807) is 27.1 Å². The lowest BCUT2D eigenvalue weighted by molar-refractivity contribution is 0.243. The normalized spacial score (nSPS) is 17.7. The molecule has 1 fully saturated rings. The van der Waals surface area contributed by atoms with Crippen LogP contribution in [0.2, 0.25) is 5.02 Å². The van der Waals surface area contributed by atoms with Gasteiger partial charge in [0.25, 0.3) is 0 Å². The minimum atomic E-state index is -3.64. The number of rotatable bonds is 11. The minimum Gasteiger partial charge on any atom is -0.489 e. The number of sulfone groups is 1. The van der Waals surface area contributed by atoms with Gasteiger partial charge >= 0.3 is 0 Å². The first-order valence-corrected chi connectivity index (χ1v) is 16.6. The summed E-state index contributed by atoms with van der Waals surface area (Å²) in [7, 11) is -1.98. The van der Waals surface area contributed by atoms with E-state index in [2.05, 4.69) is 63.9 Å². The Morgan fingerprint density at radius 3 is 2.33 bits per heavy atom. The summed E-state index contributed by atoms with van der Waals surface area (Å²) < 4.78 is 33.5. The first-order valence-electron chi connectivity index (χ1n) is 14.7. The van der Waals surface area contributed by atoms with Crippen molar-refractivity contribution in [1.29, 1.82) is 0 Å². The SMILES string of the molecule is Cc1cc(Nc2ncc(Cl)c(Nc3cn(C)nc3S(=O)(=O)C(C)C)n2)c(OC(C)C)cc1[C@H]1CC[C@H](NC(C)C)CC1. The van der Waals surface area contributed by atoms with Crippen LogP contribution in [0.15, 0.2) is 29.6 Å². The number of ether oxygens (including phenoxy) is 1. The number of nitrogens with one attached hydrogen (secondary N) is 3. The summed E-state index contributed by atoms with van der Waals surface area (Å²) in [6.45, 7) is 13.8. The molecule has 1 aliphatic rings. The lowest BCUT2D eigenvalue weighted by atomic mass is 9.80. The standard InChI is InChI=1S/C30H44ClN7O3S/c1-17(2)33-22-11-9-21(10-12-22)23-14-27(41-18(3)4)25(13-20(23)7)35-30-32-15-24(31)28(36-30)34-26-16-38(8)37-29(26)42(39,40)19(5)6/h13-19,21-22,33H,9-12H2,1-8H3,(H2,32,34,35,36)/t21-,22-. The molecule has 12 heteroatoms.